The van der Waals surface area contributed by atoms with Gasteiger partial charge in [-0.2, -0.15) is 42.1 Å². The molecule has 0 aliphatic heterocycles. The summed E-state index contributed by atoms with van der Waals surface area (Å²) in [5, 5.41) is 91.7. The number of nitriles is 8. The topological polar surface area (TPSA) is 316 Å². The molecule has 360 valence electrons. The Morgan fingerprint density at radius 1 is 0.536 bits per heavy atom. The molecule has 0 fully saturated rings. The molecule has 4 N–H and O–H groups in total. The molecule has 18 heteroatoms. The lowest BCUT2D eigenvalue weighted by Crippen LogP contribution is -2.31. The number of aliphatic hydroxyl groups excluding tert-OH is 2. The van der Waals surface area contributed by atoms with Crippen LogP contribution in [0.15, 0.2) is 84.4 Å². The first-order valence-electron chi connectivity index (χ1n) is 21.4. The van der Waals surface area contributed by atoms with Gasteiger partial charge in [0.1, 0.15) is 24.3 Å². The van der Waals surface area contributed by atoms with Crippen LogP contribution in [-0.4, -0.2) is 92.9 Å². The number of aliphatic hydroxyl groups is 2. The maximum atomic E-state index is 11.9. The third kappa shape index (κ3) is 30.2. The van der Waals surface area contributed by atoms with Gasteiger partial charge in [-0.15, -0.1) is 0 Å². The van der Waals surface area contributed by atoms with Gasteiger partial charge in [-0.05, 0) is 74.0 Å². The van der Waals surface area contributed by atoms with E-state index in [0.29, 0.717) is 88.9 Å². The summed E-state index contributed by atoms with van der Waals surface area (Å²) in [6.07, 6.45) is 3.39. The molecule has 0 heterocycles. The SMILES string of the molecule is C.CC(O)CNC(=O)/C(C#N)=C/c1ccc(N(CCC#N)CCC#N)cc1.CC(O)CNC(=O)CC#N.N#CCCN(CCC#N)c1ccc(C=O)cc1.N#CCCN(CCC#N)c1ccccc1. The first kappa shape index (κ1) is 62.3. The molecule has 0 aliphatic carbocycles. The summed E-state index contributed by atoms with van der Waals surface area (Å²) < 4.78 is 0. The second-order valence-electron chi connectivity index (χ2n) is 14.3. The molecule has 0 saturated carbocycles. The molecule has 3 aromatic carbocycles. The van der Waals surface area contributed by atoms with E-state index in [1.54, 1.807) is 44.2 Å². The van der Waals surface area contributed by atoms with E-state index in [2.05, 4.69) is 51.9 Å². The van der Waals surface area contributed by atoms with Crippen LogP contribution in [0.25, 0.3) is 6.08 Å². The number of carbonyl (C=O) groups is 3. The molecule has 3 aromatic rings. The zero-order valence-electron chi connectivity index (χ0n) is 38.5. The Morgan fingerprint density at radius 2 is 0.884 bits per heavy atom. The van der Waals surface area contributed by atoms with Crippen LogP contribution in [0.1, 0.15) is 82.1 Å². The Kier molecular flexibility index (Phi) is 36.8. The van der Waals surface area contributed by atoms with Crippen LogP contribution < -0.4 is 25.3 Å². The summed E-state index contributed by atoms with van der Waals surface area (Å²) in [5.41, 5.74) is 4.12. The molecule has 0 aliphatic rings. The molecule has 18 nitrogen and oxygen atoms in total. The second-order valence-corrected chi connectivity index (χ2v) is 14.3. The normalized spacial score (nSPS) is 10.2. The lowest BCUT2D eigenvalue weighted by atomic mass is 10.1. The monoisotopic (exact) mass is 935 g/mol. The number of para-hydroxylation sites is 1. The Labute approximate surface area is 407 Å². The fourth-order valence-electron chi connectivity index (χ4n) is 5.45. The van der Waals surface area contributed by atoms with Gasteiger partial charge in [0, 0.05) is 75.0 Å². The minimum atomic E-state index is -0.689. The fraction of sp³-hybridized carbons (Fsp3) is 0.392. The van der Waals surface area contributed by atoms with E-state index in [1.807, 2.05) is 70.5 Å². The Morgan fingerprint density at radius 3 is 1.20 bits per heavy atom. The number of nitrogens with one attached hydrogen (secondary N) is 2. The van der Waals surface area contributed by atoms with E-state index in [-0.39, 0.29) is 38.4 Å². The highest BCUT2D eigenvalue weighted by molar-refractivity contribution is 6.01. The van der Waals surface area contributed by atoms with Crippen LogP contribution in [0.3, 0.4) is 0 Å². The Balaban J connectivity index is 0. The van der Waals surface area contributed by atoms with Gasteiger partial charge in [0.05, 0.1) is 93.2 Å². The quantitative estimate of drug-likeness (QED) is 0.0466. The van der Waals surface area contributed by atoms with Crippen LogP contribution >= 0.6 is 0 Å². The smallest absolute Gasteiger partial charge is 0.262 e. The molecule has 2 unspecified atom stereocenters. The first-order valence-corrected chi connectivity index (χ1v) is 21.4. The van der Waals surface area contributed by atoms with Gasteiger partial charge in [-0.1, -0.05) is 37.8 Å². The average Bonchev–Trinajstić information content (AvgIpc) is 3.35. The molecule has 2 atom stereocenters. The summed E-state index contributed by atoms with van der Waals surface area (Å²) >= 11 is 0. The van der Waals surface area contributed by atoms with Gasteiger partial charge in [0.15, 0.2) is 0 Å². The minimum absolute atomic E-state index is 0. The van der Waals surface area contributed by atoms with Crippen molar-refractivity contribution in [2.24, 2.45) is 0 Å². The van der Waals surface area contributed by atoms with E-state index in [4.69, 9.17) is 47.2 Å². The fourth-order valence-corrected chi connectivity index (χ4v) is 5.45. The number of carbonyl (C=O) groups excluding carboxylic acids is 3. The summed E-state index contributed by atoms with van der Waals surface area (Å²) in [6, 6.07) is 40.3. The van der Waals surface area contributed by atoms with Crippen molar-refractivity contribution < 1.29 is 24.6 Å². The molecule has 0 saturated heterocycles. The highest BCUT2D eigenvalue weighted by Gasteiger charge is 2.11. The van der Waals surface area contributed by atoms with E-state index in [9.17, 15) is 19.5 Å². The Hall–Kier alpha value is -8.75. The summed E-state index contributed by atoms with van der Waals surface area (Å²) in [7, 11) is 0. The van der Waals surface area contributed by atoms with E-state index >= 15 is 0 Å². The van der Waals surface area contributed by atoms with Gasteiger partial charge < -0.3 is 35.5 Å². The van der Waals surface area contributed by atoms with Crippen molar-refractivity contribution in [3.8, 4) is 48.6 Å². The van der Waals surface area contributed by atoms with E-state index in [1.165, 1.54) is 6.08 Å². The van der Waals surface area contributed by atoms with Crippen molar-refractivity contribution in [1.82, 2.24) is 10.6 Å². The predicted molar refractivity (Wildman–Crippen MR) is 263 cm³/mol. The molecule has 69 heavy (non-hydrogen) atoms. The number of anilines is 3. The molecule has 0 bridgehead atoms. The number of hydrogen-bond donors (Lipinski definition) is 4. The van der Waals surface area contributed by atoms with E-state index in [0.717, 1.165) is 23.3 Å². The first-order chi connectivity index (χ1) is 32.9. The molecular weight excluding hydrogens is 875 g/mol. The van der Waals surface area contributed by atoms with Crippen LogP contribution in [0.5, 0.6) is 0 Å². The third-order valence-corrected chi connectivity index (χ3v) is 8.80. The van der Waals surface area contributed by atoms with Crippen LogP contribution in [0.4, 0.5) is 17.1 Å². The predicted octanol–water partition coefficient (Wildman–Crippen LogP) is 6.21. The zero-order valence-corrected chi connectivity index (χ0v) is 38.5. The largest absolute Gasteiger partial charge is 0.392 e. The van der Waals surface area contributed by atoms with Crippen LogP contribution in [-0.2, 0) is 9.59 Å². The zero-order chi connectivity index (χ0) is 50.8. The molecule has 0 radical (unpaired) electrons. The number of hydrogen-bond acceptors (Lipinski definition) is 16. The highest BCUT2D eigenvalue weighted by Crippen LogP contribution is 2.19. The summed E-state index contributed by atoms with van der Waals surface area (Å²) in [6.45, 7) is 6.99. The standard InChI is InChI=1S/C19H21N5O2.C13H13N3O.C12H13N3.C6H10N2O2.CH4/c1-15(25)14-23-19(26)17(13-22)12-16-4-6-18(7-5-16)24(10-2-8-20)11-3-9-21;14-7-1-9-16(10-2-8-15)13-5-3-12(11-17)4-6-13;13-8-4-10-15(11-5-9-14)12-6-2-1-3-7-12;1-5(9)4-8-6(10)2-3-7;/h4-7,12,15,25H,2-3,10-11,14H2,1H3,(H,23,26);3-6,11H,1-2,9-10H2;1-3,6-7H,4-5,10-11H2;5,9H,2,4H2,1H3,(H,8,10);1H4/b17-12+;;;;. The third-order valence-electron chi connectivity index (χ3n) is 8.80. The van der Waals surface area contributed by atoms with Gasteiger partial charge in [0.2, 0.25) is 5.91 Å². The van der Waals surface area contributed by atoms with E-state index < -0.39 is 18.1 Å². The molecule has 2 amide bonds. The number of benzene rings is 3. The maximum absolute atomic E-state index is 11.9. The Bertz CT molecular complexity index is 2260. The van der Waals surface area contributed by atoms with Crippen molar-refractivity contribution in [3.63, 3.8) is 0 Å². The maximum Gasteiger partial charge on any atom is 0.262 e. The van der Waals surface area contributed by atoms with Crippen molar-refractivity contribution in [3.05, 3.63) is 95.6 Å². The van der Waals surface area contributed by atoms with Crippen molar-refractivity contribution in [2.75, 3.05) is 67.1 Å². The number of nitrogens with zero attached hydrogens (tertiary/aromatic N) is 11. The molecular formula is C51H61N13O5. The van der Waals surface area contributed by atoms with Crippen LogP contribution in [0.2, 0.25) is 0 Å². The molecule has 3 rings (SSSR count). The molecule has 0 spiro atoms. The summed E-state index contributed by atoms with van der Waals surface area (Å²) in [5.74, 6) is -0.884. The van der Waals surface area contributed by atoms with Gasteiger partial charge in [-0.25, -0.2) is 0 Å². The van der Waals surface area contributed by atoms with Gasteiger partial charge >= 0.3 is 0 Å². The lowest BCUT2D eigenvalue weighted by Gasteiger charge is -2.22. The number of amides is 2. The minimum Gasteiger partial charge on any atom is -0.392 e. The number of rotatable bonds is 23. The highest BCUT2D eigenvalue weighted by atomic mass is 16.3. The van der Waals surface area contributed by atoms with Gasteiger partial charge in [0.25, 0.3) is 5.91 Å². The number of aldehydes is 1. The average molecular weight is 936 g/mol. The van der Waals surface area contributed by atoms with Crippen molar-refractivity contribution >= 4 is 41.2 Å². The van der Waals surface area contributed by atoms with Crippen LogP contribution in [0, 0.1) is 90.6 Å². The van der Waals surface area contributed by atoms with Gasteiger partial charge in [-0.3, -0.25) is 14.4 Å². The lowest BCUT2D eigenvalue weighted by molar-refractivity contribution is -0.120. The van der Waals surface area contributed by atoms with Crippen molar-refractivity contribution in [1.29, 1.82) is 42.1 Å². The van der Waals surface area contributed by atoms with Crippen molar-refractivity contribution in [2.45, 2.75) is 78.4 Å². The molecule has 0 aromatic heterocycles. The second kappa shape index (κ2) is 40.7. The summed E-state index contributed by atoms with van der Waals surface area (Å²) in [4.78, 5) is 38.9.